The van der Waals surface area contributed by atoms with E-state index >= 15 is 0 Å². The van der Waals surface area contributed by atoms with Crippen LogP contribution in [-0.4, -0.2) is 44.7 Å². The molecule has 0 amide bonds. The Morgan fingerprint density at radius 1 is 0.897 bits per heavy atom. The minimum Gasteiger partial charge on any atom is -0.477 e. The SMILES string of the molecule is C[C@@]12C=C(C(=O)O)SC1=C1C(=C3C=C(C(=O)O)S[C@]32C)C(F)(F)C(F)(F)C1(F)F. The highest BCUT2D eigenvalue weighted by Gasteiger charge is 2.84. The molecule has 2 N–H and O–H groups in total. The monoisotopic (exact) mass is 456 g/mol. The molecule has 12 heteroatoms. The van der Waals surface area contributed by atoms with E-state index in [2.05, 4.69) is 0 Å². The number of allylic oxidation sites excluding steroid dienone is 5. The fourth-order valence-electron chi connectivity index (χ4n) is 4.10. The van der Waals surface area contributed by atoms with Gasteiger partial charge in [0.25, 0.3) is 0 Å². The second-order valence-corrected chi connectivity index (χ2v) is 9.80. The summed E-state index contributed by atoms with van der Waals surface area (Å²) in [6.45, 7) is 2.52. The first kappa shape index (κ1) is 20.5. The van der Waals surface area contributed by atoms with Gasteiger partial charge in [0.05, 0.1) is 14.6 Å². The lowest BCUT2D eigenvalue weighted by molar-refractivity contribution is -0.258. The van der Waals surface area contributed by atoms with Crippen molar-refractivity contribution in [3.8, 4) is 0 Å². The normalized spacial score (nSPS) is 35.7. The number of halogens is 6. The smallest absolute Gasteiger partial charge is 0.380 e. The van der Waals surface area contributed by atoms with Crippen LogP contribution in [0.1, 0.15) is 13.8 Å². The van der Waals surface area contributed by atoms with Gasteiger partial charge < -0.3 is 10.2 Å². The molecule has 0 saturated heterocycles. The summed E-state index contributed by atoms with van der Waals surface area (Å²) < 4.78 is 85.4. The van der Waals surface area contributed by atoms with E-state index in [4.69, 9.17) is 0 Å². The van der Waals surface area contributed by atoms with Gasteiger partial charge in [0.1, 0.15) is 0 Å². The minimum atomic E-state index is -5.77. The van der Waals surface area contributed by atoms with Gasteiger partial charge in [-0.3, -0.25) is 0 Å². The summed E-state index contributed by atoms with van der Waals surface area (Å²) in [7, 11) is 0. The van der Waals surface area contributed by atoms with Crippen molar-refractivity contribution >= 4 is 35.5 Å². The minimum absolute atomic E-state index is 0.215. The summed E-state index contributed by atoms with van der Waals surface area (Å²) in [5.41, 5.74) is -5.63. The van der Waals surface area contributed by atoms with Crippen molar-refractivity contribution in [1.82, 2.24) is 0 Å². The highest BCUT2D eigenvalue weighted by atomic mass is 32.2. The van der Waals surface area contributed by atoms with Crippen LogP contribution in [-0.2, 0) is 9.59 Å². The van der Waals surface area contributed by atoms with E-state index in [9.17, 15) is 46.1 Å². The van der Waals surface area contributed by atoms with Crippen molar-refractivity contribution in [2.45, 2.75) is 36.4 Å². The Hall–Kier alpha value is -1.82. The fraction of sp³-hybridized carbons (Fsp3) is 0.412. The lowest BCUT2D eigenvalue weighted by Gasteiger charge is -2.46. The lowest BCUT2D eigenvalue weighted by atomic mass is 9.66. The zero-order valence-electron chi connectivity index (χ0n) is 14.4. The molecule has 2 aliphatic carbocycles. The van der Waals surface area contributed by atoms with Gasteiger partial charge in [-0.15, -0.1) is 11.8 Å². The fourth-order valence-corrected chi connectivity index (χ4v) is 6.93. The predicted octanol–water partition coefficient (Wildman–Crippen LogP) is 4.67. The van der Waals surface area contributed by atoms with E-state index < -0.39 is 71.3 Å². The second-order valence-electron chi connectivity index (χ2n) is 7.28. The van der Waals surface area contributed by atoms with Crippen molar-refractivity contribution in [2.75, 3.05) is 0 Å². The Morgan fingerprint density at radius 2 is 1.41 bits per heavy atom. The molecule has 0 unspecified atom stereocenters. The summed E-state index contributed by atoms with van der Waals surface area (Å²) in [5, 5.41) is 18.6. The van der Waals surface area contributed by atoms with Crippen LogP contribution in [0.5, 0.6) is 0 Å². The molecule has 0 bridgehead atoms. The van der Waals surface area contributed by atoms with Gasteiger partial charge in [0, 0.05) is 21.5 Å². The van der Waals surface area contributed by atoms with Crippen LogP contribution < -0.4 is 0 Å². The van der Waals surface area contributed by atoms with Gasteiger partial charge >= 0.3 is 29.7 Å². The zero-order chi connectivity index (χ0) is 21.9. The van der Waals surface area contributed by atoms with E-state index in [1.807, 2.05) is 0 Å². The first-order chi connectivity index (χ1) is 13.0. The first-order valence-electron chi connectivity index (χ1n) is 7.96. The number of thioether (sulfide) groups is 2. The van der Waals surface area contributed by atoms with Crippen molar-refractivity contribution in [3.63, 3.8) is 0 Å². The summed E-state index contributed by atoms with van der Waals surface area (Å²) >= 11 is 0.755. The maximum Gasteiger partial charge on any atom is 0.380 e. The van der Waals surface area contributed by atoms with Gasteiger partial charge in [0.15, 0.2) is 0 Å². The maximum absolute atomic E-state index is 14.7. The largest absolute Gasteiger partial charge is 0.477 e. The van der Waals surface area contributed by atoms with Crippen LogP contribution in [0, 0.1) is 5.41 Å². The highest BCUT2D eigenvalue weighted by molar-refractivity contribution is 8.08. The molecule has 0 radical (unpaired) electrons. The van der Waals surface area contributed by atoms with E-state index in [1.165, 1.54) is 13.8 Å². The molecule has 0 aromatic heterocycles. The van der Waals surface area contributed by atoms with E-state index in [-0.39, 0.29) is 11.8 Å². The van der Waals surface area contributed by atoms with Gasteiger partial charge in [-0.05, 0) is 25.5 Å². The van der Waals surface area contributed by atoms with Crippen LogP contribution in [0.4, 0.5) is 26.3 Å². The molecule has 2 heterocycles. The van der Waals surface area contributed by atoms with Crippen LogP contribution in [0.15, 0.2) is 43.6 Å². The zero-order valence-corrected chi connectivity index (χ0v) is 16.1. The summed E-state index contributed by atoms with van der Waals surface area (Å²) in [6.07, 6.45) is 1.74. The molecule has 4 nitrogen and oxygen atoms in total. The topological polar surface area (TPSA) is 74.6 Å². The number of rotatable bonds is 2. The van der Waals surface area contributed by atoms with Crippen molar-refractivity contribution < 1.29 is 46.1 Å². The van der Waals surface area contributed by atoms with Gasteiger partial charge in [0.2, 0.25) is 0 Å². The molecule has 4 rings (SSSR count). The number of hydrogen-bond acceptors (Lipinski definition) is 4. The van der Waals surface area contributed by atoms with Crippen molar-refractivity contribution in [1.29, 1.82) is 0 Å². The molecule has 2 aliphatic heterocycles. The van der Waals surface area contributed by atoms with Gasteiger partial charge in [-0.2, -0.15) is 26.3 Å². The Bertz CT molecular complexity index is 1040. The summed E-state index contributed by atoms with van der Waals surface area (Å²) in [6, 6.07) is 0. The number of carbonyl (C=O) groups is 2. The standard InChI is InChI=1S/C17H10F6O4S2/c1-13-4-7(12(26)27)28-10(13)9-8(15(18,19)17(22,23)16(9,20)21)5-3-6(11(24)25)29-14(5,13)2/h3-4H,1-2H3,(H,24,25)(H,26,27)/t13-,14-/m1/s1. The van der Waals surface area contributed by atoms with Crippen LogP contribution >= 0.6 is 23.5 Å². The second kappa shape index (κ2) is 5.26. The summed E-state index contributed by atoms with van der Waals surface area (Å²) in [5.74, 6) is -19.4. The van der Waals surface area contributed by atoms with Crippen LogP contribution in [0.3, 0.4) is 0 Å². The van der Waals surface area contributed by atoms with Gasteiger partial charge in [-0.25, -0.2) is 9.59 Å². The quantitative estimate of drug-likeness (QED) is 0.589. The Balaban J connectivity index is 2.17. The third-order valence-corrected chi connectivity index (χ3v) is 8.69. The molecule has 2 atom stereocenters. The average molecular weight is 456 g/mol. The van der Waals surface area contributed by atoms with E-state index in [0.29, 0.717) is 17.8 Å². The predicted molar refractivity (Wildman–Crippen MR) is 92.0 cm³/mol. The van der Waals surface area contributed by atoms with E-state index in [1.54, 1.807) is 0 Å². The molecule has 29 heavy (non-hydrogen) atoms. The number of hydrogen-bond donors (Lipinski definition) is 2. The molecule has 1 fully saturated rings. The number of alkyl halides is 6. The van der Waals surface area contributed by atoms with Crippen molar-refractivity contribution in [3.05, 3.63) is 43.6 Å². The highest BCUT2D eigenvalue weighted by Crippen LogP contribution is 2.75. The molecule has 1 saturated carbocycles. The Kier molecular flexibility index (Phi) is 3.71. The molecular weight excluding hydrogens is 446 g/mol. The van der Waals surface area contributed by atoms with Gasteiger partial charge in [-0.1, -0.05) is 17.8 Å². The molecular formula is C17H10F6O4S2. The average Bonchev–Trinajstić information content (AvgIpc) is 3.14. The number of aliphatic carboxylic acids is 2. The summed E-state index contributed by atoms with van der Waals surface area (Å²) in [4.78, 5) is 21.3. The van der Waals surface area contributed by atoms with Crippen LogP contribution in [0.2, 0.25) is 0 Å². The third kappa shape index (κ3) is 2.01. The number of carboxylic acid groups (broad SMARTS) is 2. The van der Waals surface area contributed by atoms with Crippen molar-refractivity contribution in [2.24, 2.45) is 5.41 Å². The Morgan fingerprint density at radius 3 is 1.93 bits per heavy atom. The van der Waals surface area contributed by atoms with E-state index in [0.717, 1.165) is 6.08 Å². The third-order valence-electron chi connectivity index (χ3n) is 5.78. The molecule has 0 spiro atoms. The Labute approximate surface area is 167 Å². The molecule has 4 aliphatic rings. The molecule has 0 aromatic carbocycles. The molecule has 156 valence electrons. The molecule has 0 aromatic rings. The van der Waals surface area contributed by atoms with Crippen LogP contribution in [0.25, 0.3) is 0 Å². The number of carboxylic acids is 2. The number of fused-ring (bicyclic) bond motifs is 4. The first-order valence-corrected chi connectivity index (χ1v) is 9.59. The maximum atomic E-state index is 14.7. The lowest BCUT2D eigenvalue weighted by Crippen LogP contribution is -2.47.